The molecule has 3 heterocycles. The molecule has 3 amide bonds. The van der Waals surface area contributed by atoms with Crippen LogP contribution in [0.25, 0.3) is 0 Å². The number of aryl methyl sites for hydroxylation is 1. The van der Waals surface area contributed by atoms with Gasteiger partial charge in [0.25, 0.3) is 5.91 Å². The number of β-amino-alcohol motifs (C(OH)–C–C–N with tert-alkyl or cyclic N) is 1. The fourth-order valence-corrected chi connectivity index (χ4v) is 9.93. The number of hydrogen-bond donors (Lipinski definition) is 1. The number of likely N-dealkylation sites (tertiary alicyclic amines) is 1. The summed E-state index contributed by atoms with van der Waals surface area (Å²) in [7, 11) is 0. The van der Waals surface area contributed by atoms with Crippen molar-refractivity contribution in [3.05, 3.63) is 84.4 Å². The minimum atomic E-state index is -0.866. The highest BCUT2D eigenvalue weighted by atomic mass is 35.5. The van der Waals surface area contributed by atoms with Crippen LogP contribution in [0.3, 0.4) is 0 Å². The van der Waals surface area contributed by atoms with Gasteiger partial charge in [-0.15, -0.1) is 24.9 Å². The van der Waals surface area contributed by atoms with Gasteiger partial charge in [0.1, 0.15) is 6.04 Å². The van der Waals surface area contributed by atoms with Crippen molar-refractivity contribution in [1.29, 1.82) is 0 Å². The number of carbonyl (C=O) groups is 3. The van der Waals surface area contributed by atoms with E-state index < -0.39 is 22.6 Å². The van der Waals surface area contributed by atoms with Crippen molar-refractivity contribution in [2.75, 3.05) is 36.0 Å². The maximum atomic E-state index is 14.7. The average Bonchev–Trinajstić information content (AvgIpc) is 3.55. The number of amides is 3. The first-order chi connectivity index (χ1) is 19.7. The molecule has 0 aliphatic carbocycles. The Morgan fingerprint density at radius 1 is 1.10 bits per heavy atom. The number of nitrogens with zero attached hydrogens (tertiary/aromatic N) is 3. The molecule has 41 heavy (non-hydrogen) atoms. The molecule has 1 spiro atoms. The fourth-order valence-electron chi connectivity index (χ4n) is 7.20. The molecule has 2 bridgehead atoms. The van der Waals surface area contributed by atoms with Crippen LogP contribution < -0.4 is 9.80 Å². The third-order valence-electron chi connectivity index (χ3n) is 8.79. The number of halogens is 1. The predicted molar refractivity (Wildman–Crippen MR) is 165 cm³/mol. The Morgan fingerprint density at radius 3 is 2.41 bits per heavy atom. The summed E-state index contributed by atoms with van der Waals surface area (Å²) >= 11 is 8.24. The van der Waals surface area contributed by atoms with E-state index in [2.05, 4.69) is 20.1 Å². The molecule has 3 unspecified atom stereocenters. The summed E-state index contributed by atoms with van der Waals surface area (Å²) in [5, 5.41) is 10.3. The van der Waals surface area contributed by atoms with Crippen molar-refractivity contribution in [2.24, 2.45) is 17.8 Å². The molecule has 3 aliphatic rings. The zero-order chi connectivity index (χ0) is 29.5. The Hall–Kier alpha value is -3.07. The SMILES string of the molecule is C=CCN(C(=O)[C@@H]1[C@H]2C(=O)N(CCO)C(C(=O)N(CC=C)c3c(C)cccc3Cl)C23S[C@@H]1CC3C)c1ccccc1. The minimum absolute atomic E-state index is 0.00403. The maximum absolute atomic E-state index is 14.7. The number of para-hydroxylation sites is 2. The molecule has 1 N–H and O–H groups in total. The van der Waals surface area contributed by atoms with E-state index in [0.717, 1.165) is 11.3 Å². The number of rotatable bonds is 10. The first-order valence-corrected chi connectivity index (χ1v) is 15.2. The van der Waals surface area contributed by atoms with Gasteiger partial charge in [-0.25, -0.2) is 0 Å². The minimum Gasteiger partial charge on any atom is -0.395 e. The number of anilines is 2. The highest BCUT2D eigenvalue weighted by molar-refractivity contribution is 8.02. The Balaban J connectivity index is 1.60. The van der Waals surface area contributed by atoms with Crippen LogP contribution in [0.1, 0.15) is 18.9 Å². The smallest absolute Gasteiger partial charge is 0.251 e. The number of aliphatic hydroxyl groups excluding tert-OH is 1. The van der Waals surface area contributed by atoms with Crippen LogP contribution in [-0.2, 0) is 14.4 Å². The van der Waals surface area contributed by atoms with Crippen molar-refractivity contribution in [3.8, 4) is 0 Å². The number of carbonyl (C=O) groups excluding carboxylic acids is 3. The third-order valence-corrected chi connectivity index (χ3v) is 11.2. The van der Waals surface area contributed by atoms with Crippen molar-refractivity contribution in [3.63, 3.8) is 0 Å². The van der Waals surface area contributed by atoms with Gasteiger partial charge in [-0.2, -0.15) is 0 Å². The zero-order valence-corrected chi connectivity index (χ0v) is 25.0. The van der Waals surface area contributed by atoms with E-state index >= 15 is 0 Å². The summed E-state index contributed by atoms with van der Waals surface area (Å²) in [5.74, 6) is -1.96. The summed E-state index contributed by atoms with van der Waals surface area (Å²) in [6.07, 6.45) is 4.04. The second kappa shape index (κ2) is 11.7. The van der Waals surface area contributed by atoms with Crippen molar-refractivity contribution in [1.82, 2.24) is 4.90 Å². The first kappa shape index (κ1) is 29.4. The molecule has 3 saturated heterocycles. The fraction of sp³-hybridized carbons (Fsp3) is 0.406. The number of thioether (sulfide) groups is 1. The molecule has 0 radical (unpaired) electrons. The average molecular weight is 594 g/mol. The summed E-state index contributed by atoms with van der Waals surface area (Å²) in [4.78, 5) is 48.1. The van der Waals surface area contributed by atoms with Crippen LogP contribution >= 0.6 is 23.4 Å². The molecule has 216 valence electrons. The van der Waals surface area contributed by atoms with Gasteiger partial charge in [0.05, 0.1) is 33.9 Å². The number of fused-ring (bicyclic) bond motifs is 1. The van der Waals surface area contributed by atoms with Gasteiger partial charge in [0.15, 0.2) is 0 Å². The lowest BCUT2D eigenvalue weighted by atomic mass is 9.65. The van der Waals surface area contributed by atoms with Crippen molar-refractivity contribution < 1.29 is 19.5 Å². The Morgan fingerprint density at radius 2 is 1.78 bits per heavy atom. The van der Waals surface area contributed by atoms with E-state index in [1.54, 1.807) is 39.8 Å². The van der Waals surface area contributed by atoms with Gasteiger partial charge in [-0.1, -0.05) is 61.0 Å². The lowest BCUT2D eigenvalue weighted by Gasteiger charge is -2.41. The third kappa shape index (κ3) is 4.60. The highest BCUT2D eigenvalue weighted by Gasteiger charge is 2.76. The molecule has 3 fully saturated rings. The normalized spacial score (nSPS) is 28.0. The van der Waals surface area contributed by atoms with E-state index in [1.807, 2.05) is 49.4 Å². The summed E-state index contributed by atoms with van der Waals surface area (Å²) in [5.41, 5.74) is 2.14. The van der Waals surface area contributed by atoms with E-state index in [0.29, 0.717) is 23.7 Å². The van der Waals surface area contributed by atoms with Crippen molar-refractivity contribution in [2.45, 2.75) is 36.3 Å². The van der Waals surface area contributed by atoms with E-state index in [9.17, 15) is 19.5 Å². The van der Waals surface area contributed by atoms with E-state index in [4.69, 9.17) is 11.6 Å². The molecule has 7 nitrogen and oxygen atoms in total. The second-order valence-corrected chi connectivity index (χ2v) is 13.0. The van der Waals surface area contributed by atoms with Crippen LogP contribution in [0.15, 0.2) is 73.8 Å². The largest absolute Gasteiger partial charge is 0.395 e. The lowest BCUT2D eigenvalue weighted by molar-refractivity contribution is -0.139. The Labute approximate surface area is 250 Å². The number of hydrogen-bond acceptors (Lipinski definition) is 5. The molecule has 0 aromatic heterocycles. The molecule has 2 aromatic rings. The van der Waals surface area contributed by atoms with Crippen LogP contribution in [0.4, 0.5) is 11.4 Å². The number of benzene rings is 2. The predicted octanol–water partition coefficient (Wildman–Crippen LogP) is 4.72. The molecular formula is C32H36ClN3O4S. The first-order valence-electron chi connectivity index (χ1n) is 14.0. The summed E-state index contributed by atoms with van der Waals surface area (Å²) in [6.45, 7) is 11.9. The molecule has 9 heteroatoms. The Kier molecular flexibility index (Phi) is 8.37. The van der Waals surface area contributed by atoms with Gasteiger partial charge in [-0.05, 0) is 43.0 Å². The monoisotopic (exact) mass is 593 g/mol. The number of aliphatic hydroxyl groups is 1. The zero-order valence-electron chi connectivity index (χ0n) is 23.4. The molecule has 6 atom stereocenters. The Bertz CT molecular complexity index is 1350. The standard InChI is InChI=1S/C32H36ClN3O4S/c1-5-15-34(22-12-8-7-9-13-22)29(38)25-24-19-21(4)32(41-24)26(25)30(39)36(17-18-37)28(32)31(40)35(16-6-2)27-20(3)11-10-14-23(27)33/h5-14,21,24-26,28,37H,1-2,15-19H2,3-4H3/t21?,24-,25+,26+,28?,32?/m1/s1. The quantitative estimate of drug-likeness (QED) is 0.403. The summed E-state index contributed by atoms with van der Waals surface area (Å²) in [6, 6.07) is 14.0. The van der Waals surface area contributed by atoms with Gasteiger partial charge in [0.2, 0.25) is 11.8 Å². The van der Waals surface area contributed by atoms with E-state index in [-0.39, 0.29) is 48.6 Å². The molecule has 3 aliphatic heterocycles. The molecule has 0 saturated carbocycles. The van der Waals surface area contributed by atoms with Crippen molar-refractivity contribution >= 4 is 52.5 Å². The van der Waals surface area contributed by atoms with Gasteiger partial charge in [0, 0.05) is 30.6 Å². The van der Waals surface area contributed by atoms with Gasteiger partial charge in [-0.3, -0.25) is 14.4 Å². The maximum Gasteiger partial charge on any atom is 0.251 e. The van der Waals surface area contributed by atoms with E-state index in [1.165, 1.54) is 4.90 Å². The van der Waals surface area contributed by atoms with Crippen LogP contribution in [0, 0.1) is 24.7 Å². The highest BCUT2D eigenvalue weighted by Crippen LogP contribution is 2.69. The van der Waals surface area contributed by atoms with Crippen LogP contribution in [-0.4, -0.2) is 70.0 Å². The second-order valence-electron chi connectivity index (χ2n) is 11.0. The van der Waals surface area contributed by atoms with Gasteiger partial charge < -0.3 is 19.8 Å². The van der Waals surface area contributed by atoms with Crippen LogP contribution in [0.5, 0.6) is 0 Å². The lowest BCUT2D eigenvalue weighted by Crippen LogP contribution is -2.58. The van der Waals surface area contributed by atoms with Crippen LogP contribution in [0.2, 0.25) is 5.02 Å². The summed E-state index contributed by atoms with van der Waals surface area (Å²) < 4.78 is -0.820. The topological polar surface area (TPSA) is 81.2 Å². The molecular weight excluding hydrogens is 558 g/mol. The van der Waals surface area contributed by atoms with Gasteiger partial charge >= 0.3 is 0 Å². The molecule has 5 rings (SSSR count). The molecule has 2 aromatic carbocycles.